The van der Waals surface area contributed by atoms with Gasteiger partial charge in [0.25, 0.3) is 0 Å². The second-order valence-corrected chi connectivity index (χ2v) is 9.52. The first-order chi connectivity index (χ1) is 18.6. The molecule has 4 aromatic heterocycles. The summed E-state index contributed by atoms with van der Waals surface area (Å²) < 4.78 is 8.38. The van der Waals surface area contributed by atoms with Gasteiger partial charge < -0.3 is 28.3 Å². The number of aldehydes is 1. The molecule has 232 valence electrons. The van der Waals surface area contributed by atoms with Gasteiger partial charge in [0.05, 0.1) is 30.4 Å². The quantitative estimate of drug-likeness (QED) is 0.207. The van der Waals surface area contributed by atoms with Crippen LogP contribution in [0.1, 0.15) is 76.9 Å². The predicted octanol–water partition coefficient (Wildman–Crippen LogP) is 5.30. The largest absolute Gasteiger partial charge is 0.451 e. The van der Waals surface area contributed by atoms with Crippen LogP contribution < -0.4 is 0 Å². The van der Waals surface area contributed by atoms with Crippen LogP contribution in [-0.4, -0.2) is 61.7 Å². The number of imidazole rings is 4. The molecule has 0 spiro atoms. The van der Waals surface area contributed by atoms with E-state index in [1.807, 2.05) is 73.7 Å². The van der Waals surface area contributed by atoms with Crippen LogP contribution in [0.25, 0.3) is 0 Å². The average Bonchev–Trinajstić information content (AvgIpc) is 3.67. The standard InChI is InChI=1S/C8H12N2O.C7H12N2.C4H5BrN2.C4H6N2.C3H9BO2.2CH4/c1-3-4-7-5-10(2)8(6-11)9-7;1-3-4-7-5-9(2)6-8-7;1-7-2-4(5)6-3-7;1-6-3-2-5-4-6;1-2-3-4(5)6;;/h5-6H,3-4H2,1-2H3;5-6H,3-4H2,1-2H3;2-3H,1H3;2-4H,1H3;5-6H,2-3H2,1H3;2*1H4. The highest BCUT2D eigenvalue weighted by Crippen LogP contribution is 2.02. The van der Waals surface area contributed by atoms with E-state index in [1.54, 1.807) is 23.4 Å². The molecule has 0 radical (unpaired) electrons. The molecule has 0 saturated carbocycles. The van der Waals surface area contributed by atoms with E-state index in [1.165, 1.54) is 12.1 Å². The second-order valence-electron chi connectivity index (χ2n) is 8.71. The molecular weight excluding hydrogens is 587 g/mol. The van der Waals surface area contributed by atoms with Gasteiger partial charge in [0, 0.05) is 59.2 Å². The summed E-state index contributed by atoms with van der Waals surface area (Å²) in [7, 11) is 6.59. The molecule has 0 aliphatic rings. The number of hydrogen-bond donors (Lipinski definition) is 2. The minimum atomic E-state index is -1.10. The maximum Gasteiger partial charge on any atom is 0.451 e. The second kappa shape index (κ2) is 25.9. The number of nitrogens with zero attached hydrogens (tertiary/aromatic N) is 8. The third-order valence-electron chi connectivity index (χ3n) is 4.70. The Morgan fingerprint density at radius 3 is 1.68 bits per heavy atom. The number of aromatic nitrogens is 8. The molecule has 0 bridgehead atoms. The summed E-state index contributed by atoms with van der Waals surface area (Å²) in [5.41, 5.74) is 2.19. The molecule has 4 aromatic rings. The number of aryl methyl sites for hydroxylation is 6. The lowest BCUT2D eigenvalue weighted by molar-refractivity contribution is 0.111. The molecule has 0 amide bonds. The van der Waals surface area contributed by atoms with Crippen molar-refractivity contribution >= 4 is 29.3 Å². The molecule has 0 aromatic carbocycles. The first-order valence-corrected chi connectivity index (χ1v) is 13.7. The van der Waals surface area contributed by atoms with Crippen molar-refractivity contribution in [2.24, 2.45) is 28.2 Å². The van der Waals surface area contributed by atoms with Crippen molar-refractivity contribution in [2.75, 3.05) is 0 Å². The van der Waals surface area contributed by atoms with Crippen molar-refractivity contribution in [1.82, 2.24) is 38.2 Å². The van der Waals surface area contributed by atoms with Crippen molar-refractivity contribution in [1.29, 1.82) is 0 Å². The van der Waals surface area contributed by atoms with Gasteiger partial charge in [0.2, 0.25) is 0 Å². The fourth-order valence-corrected chi connectivity index (χ4v) is 3.26. The number of hydrogen-bond acceptors (Lipinski definition) is 7. The maximum absolute atomic E-state index is 10.4. The molecule has 0 fully saturated rings. The van der Waals surface area contributed by atoms with Gasteiger partial charge in [-0.15, -0.1) is 0 Å². The van der Waals surface area contributed by atoms with E-state index in [2.05, 4.69) is 55.9 Å². The Balaban J connectivity index is -0.000000444. The van der Waals surface area contributed by atoms with Crippen molar-refractivity contribution in [3.05, 3.63) is 71.8 Å². The minimum Gasteiger partial charge on any atom is -0.427 e. The van der Waals surface area contributed by atoms with Crippen molar-refractivity contribution < 1.29 is 14.8 Å². The molecule has 11 nitrogen and oxygen atoms in total. The zero-order valence-electron chi connectivity index (χ0n) is 24.3. The highest BCUT2D eigenvalue weighted by molar-refractivity contribution is 9.10. The Kier molecular flexibility index (Phi) is 26.8. The van der Waals surface area contributed by atoms with Gasteiger partial charge in [-0.3, -0.25) is 4.79 Å². The summed E-state index contributed by atoms with van der Waals surface area (Å²) >= 11 is 3.20. The lowest BCUT2D eigenvalue weighted by Gasteiger charge is -1.87. The van der Waals surface area contributed by atoms with Gasteiger partial charge in [-0.05, 0) is 35.1 Å². The normalized spacial score (nSPS) is 9.02. The highest BCUT2D eigenvalue weighted by atomic mass is 79.9. The van der Waals surface area contributed by atoms with Crippen LogP contribution in [0.3, 0.4) is 0 Å². The average molecular weight is 639 g/mol. The summed E-state index contributed by atoms with van der Waals surface area (Å²) in [4.78, 5) is 26.3. The van der Waals surface area contributed by atoms with E-state index in [0.717, 1.165) is 42.3 Å². The van der Waals surface area contributed by atoms with Gasteiger partial charge in [0.1, 0.15) is 4.60 Å². The number of rotatable bonds is 7. The van der Waals surface area contributed by atoms with Gasteiger partial charge in [-0.1, -0.05) is 54.9 Å². The molecule has 0 aliphatic carbocycles. The maximum atomic E-state index is 10.4. The summed E-state index contributed by atoms with van der Waals surface area (Å²) in [6, 6.07) is 0. The van der Waals surface area contributed by atoms with Gasteiger partial charge in [-0.25, -0.2) is 19.9 Å². The fourth-order valence-electron chi connectivity index (χ4n) is 2.85. The molecule has 4 rings (SSSR count). The molecule has 0 saturated heterocycles. The van der Waals surface area contributed by atoms with E-state index in [0.29, 0.717) is 12.1 Å². The van der Waals surface area contributed by atoms with Crippen LogP contribution in [0.2, 0.25) is 6.32 Å². The molecule has 13 heteroatoms. The summed E-state index contributed by atoms with van der Waals surface area (Å²) in [6.07, 6.45) is 21.2. The third-order valence-corrected chi connectivity index (χ3v) is 5.10. The predicted molar refractivity (Wildman–Crippen MR) is 173 cm³/mol. The van der Waals surface area contributed by atoms with Crippen LogP contribution in [0.4, 0.5) is 0 Å². The zero-order valence-corrected chi connectivity index (χ0v) is 25.9. The Bertz CT molecular complexity index is 1110. The molecule has 4 heterocycles. The Hall–Kier alpha value is -3.03. The molecule has 0 atom stereocenters. The molecule has 2 N–H and O–H groups in total. The van der Waals surface area contributed by atoms with Crippen LogP contribution in [0.15, 0.2) is 54.6 Å². The van der Waals surface area contributed by atoms with Crippen LogP contribution in [0.5, 0.6) is 0 Å². The lowest BCUT2D eigenvalue weighted by Crippen LogP contribution is -2.08. The van der Waals surface area contributed by atoms with Crippen LogP contribution in [-0.2, 0) is 41.0 Å². The van der Waals surface area contributed by atoms with E-state index in [-0.39, 0.29) is 14.9 Å². The SMILES string of the molecule is C.C.CCCB(O)O.CCCc1cn(C)c(C=O)n1.CCCc1cn(C)cn1.Cn1ccnc1.Cn1cnc(Br)c1. The first-order valence-electron chi connectivity index (χ1n) is 12.9. The van der Waals surface area contributed by atoms with E-state index >= 15 is 0 Å². The van der Waals surface area contributed by atoms with Crippen molar-refractivity contribution in [2.45, 2.75) is 74.0 Å². The number of carbonyl (C=O) groups excluding carboxylic acids is 1. The molecule has 0 unspecified atom stereocenters. The fraction of sp³-hybridized carbons (Fsp3) is 0.536. The Morgan fingerprint density at radius 1 is 0.829 bits per heavy atom. The molecule has 41 heavy (non-hydrogen) atoms. The molecule has 0 aliphatic heterocycles. The van der Waals surface area contributed by atoms with E-state index in [9.17, 15) is 4.79 Å². The minimum absolute atomic E-state index is 0. The van der Waals surface area contributed by atoms with Gasteiger partial charge in [0.15, 0.2) is 12.1 Å². The summed E-state index contributed by atoms with van der Waals surface area (Å²) in [5.74, 6) is 0.508. The van der Waals surface area contributed by atoms with Gasteiger partial charge >= 0.3 is 7.12 Å². The van der Waals surface area contributed by atoms with Crippen LogP contribution in [0, 0.1) is 0 Å². The topological polar surface area (TPSA) is 129 Å². The molecular formula is C28H52BBrN8O3. The Morgan fingerprint density at radius 2 is 1.41 bits per heavy atom. The van der Waals surface area contributed by atoms with E-state index in [4.69, 9.17) is 10.0 Å². The Labute approximate surface area is 256 Å². The van der Waals surface area contributed by atoms with Gasteiger partial charge in [-0.2, -0.15) is 0 Å². The highest BCUT2D eigenvalue weighted by Gasteiger charge is 2.02. The number of carbonyl (C=O) groups is 1. The van der Waals surface area contributed by atoms with Crippen molar-refractivity contribution in [3.63, 3.8) is 0 Å². The monoisotopic (exact) mass is 638 g/mol. The van der Waals surface area contributed by atoms with E-state index < -0.39 is 7.12 Å². The first kappa shape index (κ1) is 42.4. The smallest absolute Gasteiger partial charge is 0.427 e. The summed E-state index contributed by atoms with van der Waals surface area (Å²) in [5, 5.41) is 16.2. The number of halogens is 1. The van der Waals surface area contributed by atoms with Crippen LogP contribution >= 0.6 is 15.9 Å². The van der Waals surface area contributed by atoms with Crippen molar-refractivity contribution in [3.8, 4) is 0 Å². The lowest BCUT2D eigenvalue weighted by atomic mass is 9.85. The summed E-state index contributed by atoms with van der Waals surface area (Å²) in [6.45, 7) is 6.16. The zero-order chi connectivity index (χ0) is 29.6. The third kappa shape index (κ3) is 22.4.